The average Bonchev–Trinajstić information content (AvgIpc) is 2.82. The van der Waals surface area contributed by atoms with E-state index >= 15 is 0 Å². The fourth-order valence-corrected chi connectivity index (χ4v) is 3.41. The van der Waals surface area contributed by atoms with Crippen LogP contribution in [0.3, 0.4) is 0 Å². The Morgan fingerprint density at radius 1 is 1.30 bits per heavy atom. The van der Waals surface area contributed by atoms with Gasteiger partial charge in [0.05, 0.1) is 22.7 Å². The summed E-state index contributed by atoms with van der Waals surface area (Å²) in [5.74, 6) is -0.260. The number of hydrogen-bond donors (Lipinski definition) is 1. The molecule has 3 rings (SSSR count). The highest BCUT2D eigenvalue weighted by Crippen LogP contribution is 2.38. The summed E-state index contributed by atoms with van der Waals surface area (Å²) >= 11 is 12.1. The molecule has 1 aromatic carbocycles. The zero-order valence-electron chi connectivity index (χ0n) is 11.1. The van der Waals surface area contributed by atoms with E-state index in [1.165, 1.54) is 7.11 Å². The summed E-state index contributed by atoms with van der Waals surface area (Å²) in [4.78, 5) is 12.1. The van der Waals surface area contributed by atoms with Gasteiger partial charge in [0.1, 0.15) is 0 Å². The van der Waals surface area contributed by atoms with Crippen molar-refractivity contribution in [2.45, 2.75) is 31.3 Å². The maximum Gasteiger partial charge on any atom is 0.335 e. The van der Waals surface area contributed by atoms with Crippen LogP contribution in [0, 0.1) is 0 Å². The molecule has 0 aliphatic carbocycles. The Kier molecular flexibility index (Phi) is 3.76. The van der Waals surface area contributed by atoms with Gasteiger partial charge in [-0.1, -0.05) is 29.3 Å². The number of esters is 1. The van der Waals surface area contributed by atoms with Crippen LogP contribution in [-0.4, -0.2) is 25.2 Å². The topological polar surface area (TPSA) is 38.3 Å². The van der Waals surface area contributed by atoms with E-state index < -0.39 is 0 Å². The SMILES string of the molecule is COC(=O)C1=C(c2ccc(Cl)c(Cl)c2)CC2CC[C@H]1N2. The molecule has 2 aliphatic rings. The maximum atomic E-state index is 12.1. The molecule has 5 heteroatoms. The van der Waals surface area contributed by atoms with E-state index in [-0.39, 0.29) is 12.0 Å². The molecule has 2 aliphatic heterocycles. The van der Waals surface area contributed by atoms with Gasteiger partial charge in [-0.15, -0.1) is 0 Å². The second-order valence-electron chi connectivity index (χ2n) is 5.21. The first-order valence-corrected chi connectivity index (χ1v) is 7.38. The monoisotopic (exact) mass is 311 g/mol. The van der Waals surface area contributed by atoms with Crippen LogP contribution in [0.4, 0.5) is 0 Å². The Balaban J connectivity index is 2.10. The number of halogens is 2. The molecule has 20 heavy (non-hydrogen) atoms. The summed E-state index contributed by atoms with van der Waals surface area (Å²) < 4.78 is 4.95. The number of ether oxygens (including phenoxy) is 1. The van der Waals surface area contributed by atoms with Gasteiger partial charge in [0, 0.05) is 12.1 Å². The van der Waals surface area contributed by atoms with E-state index in [9.17, 15) is 4.79 Å². The highest BCUT2D eigenvalue weighted by Gasteiger charge is 2.38. The normalized spacial score (nSPS) is 24.9. The number of benzene rings is 1. The molecule has 0 radical (unpaired) electrons. The lowest BCUT2D eigenvalue weighted by Gasteiger charge is -2.27. The van der Waals surface area contributed by atoms with Gasteiger partial charge in [-0.05, 0) is 42.5 Å². The molecule has 1 unspecified atom stereocenters. The minimum absolute atomic E-state index is 0.0886. The number of rotatable bonds is 2. The van der Waals surface area contributed by atoms with Crippen molar-refractivity contribution in [3.63, 3.8) is 0 Å². The third kappa shape index (κ3) is 2.34. The molecule has 0 aromatic heterocycles. The number of carbonyl (C=O) groups is 1. The van der Waals surface area contributed by atoms with E-state index in [1.807, 2.05) is 12.1 Å². The summed E-state index contributed by atoms with van der Waals surface area (Å²) in [6.07, 6.45) is 2.87. The molecular weight excluding hydrogens is 297 g/mol. The second-order valence-corrected chi connectivity index (χ2v) is 6.02. The number of nitrogens with one attached hydrogen (secondary N) is 1. The lowest BCUT2D eigenvalue weighted by molar-refractivity contribution is -0.136. The molecule has 1 fully saturated rings. The van der Waals surface area contributed by atoms with Crippen LogP contribution in [0.15, 0.2) is 23.8 Å². The minimum Gasteiger partial charge on any atom is -0.466 e. The fourth-order valence-electron chi connectivity index (χ4n) is 3.11. The van der Waals surface area contributed by atoms with Crippen LogP contribution in [0.2, 0.25) is 10.0 Å². The minimum atomic E-state index is -0.260. The summed E-state index contributed by atoms with van der Waals surface area (Å²) in [7, 11) is 1.42. The van der Waals surface area contributed by atoms with Gasteiger partial charge in [0.2, 0.25) is 0 Å². The van der Waals surface area contributed by atoms with Crippen molar-refractivity contribution < 1.29 is 9.53 Å². The van der Waals surface area contributed by atoms with Crippen molar-refractivity contribution in [1.29, 1.82) is 0 Å². The summed E-state index contributed by atoms with van der Waals surface area (Å²) in [5.41, 5.74) is 2.72. The Bertz CT molecular complexity index is 598. The van der Waals surface area contributed by atoms with Crippen molar-refractivity contribution >= 4 is 34.7 Å². The van der Waals surface area contributed by atoms with Crippen molar-refractivity contribution in [1.82, 2.24) is 5.32 Å². The summed E-state index contributed by atoms with van der Waals surface area (Å²) in [6.45, 7) is 0. The third-order valence-electron chi connectivity index (χ3n) is 4.04. The predicted octanol–water partition coefficient (Wildman–Crippen LogP) is 3.44. The van der Waals surface area contributed by atoms with Gasteiger partial charge in [0.15, 0.2) is 0 Å². The molecule has 3 nitrogen and oxygen atoms in total. The van der Waals surface area contributed by atoms with Crippen LogP contribution >= 0.6 is 23.2 Å². The van der Waals surface area contributed by atoms with E-state index in [0.29, 0.717) is 16.1 Å². The number of methoxy groups -OCH3 is 1. The van der Waals surface area contributed by atoms with Gasteiger partial charge in [-0.25, -0.2) is 4.79 Å². The molecular formula is C15H15Cl2NO2. The molecule has 1 aromatic rings. The predicted molar refractivity (Wildman–Crippen MR) is 80.0 cm³/mol. The number of carbonyl (C=O) groups excluding carboxylic acids is 1. The van der Waals surface area contributed by atoms with Crippen LogP contribution in [-0.2, 0) is 9.53 Å². The first-order chi connectivity index (χ1) is 9.60. The molecule has 0 spiro atoms. The highest BCUT2D eigenvalue weighted by molar-refractivity contribution is 6.42. The number of hydrogen-bond acceptors (Lipinski definition) is 3. The first-order valence-electron chi connectivity index (χ1n) is 6.63. The van der Waals surface area contributed by atoms with Crippen molar-refractivity contribution in [2.24, 2.45) is 0 Å². The van der Waals surface area contributed by atoms with E-state index in [4.69, 9.17) is 27.9 Å². The van der Waals surface area contributed by atoms with E-state index in [2.05, 4.69) is 5.32 Å². The molecule has 0 saturated carbocycles. The molecule has 0 amide bonds. The Morgan fingerprint density at radius 3 is 2.80 bits per heavy atom. The second kappa shape index (κ2) is 5.40. The smallest absolute Gasteiger partial charge is 0.335 e. The highest BCUT2D eigenvalue weighted by atomic mass is 35.5. The van der Waals surface area contributed by atoms with Gasteiger partial charge < -0.3 is 10.1 Å². The molecule has 1 N–H and O–H groups in total. The molecule has 1 saturated heterocycles. The quantitative estimate of drug-likeness (QED) is 0.850. The largest absolute Gasteiger partial charge is 0.466 e. The molecule has 106 valence electrons. The van der Waals surface area contributed by atoms with Gasteiger partial charge in [0.25, 0.3) is 0 Å². The van der Waals surface area contributed by atoms with E-state index in [1.54, 1.807) is 6.07 Å². The van der Waals surface area contributed by atoms with Crippen LogP contribution in [0.5, 0.6) is 0 Å². The Morgan fingerprint density at radius 2 is 2.10 bits per heavy atom. The van der Waals surface area contributed by atoms with Crippen molar-refractivity contribution in [2.75, 3.05) is 7.11 Å². The Labute approximate surface area is 127 Å². The average molecular weight is 312 g/mol. The summed E-state index contributed by atoms with van der Waals surface area (Å²) in [6, 6.07) is 6.03. The van der Waals surface area contributed by atoms with Gasteiger partial charge in [-0.2, -0.15) is 0 Å². The van der Waals surface area contributed by atoms with Crippen molar-refractivity contribution in [3.05, 3.63) is 39.4 Å². The van der Waals surface area contributed by atoms with Gasteiger partial charge in [-0.3, -0.25) is 0 Å². The standard InChI is InChI=1S/C15H15Cl2NO2/c1-20-15(19)14-10(7-9-3-5-13(14)18-9)8-2-4-11(16)12(17)6-8/h2,4,6,9,13,18H,3,5,7H2,1H3/t9?,13-/m1/s1. The third-order valence-corrected chi connectivity index (χ3v) is 4.78. The van der Waals surface area contributed by atoms with Gasteiger partial charge >= 0.3 is 5.97 Å². The molecule has 2 bridgehead atoms. The lowest BCUT2D eigenvalue weighted by Crippen LogP contribution is -2.38. The van der Waals surface area contributed by atoms with E-state index in [0.717, 1.165) is 36.0 Å². The maximum absolute atomic E-state index is 12.1. The number of fused-ring (bicyclic) bond motifs is 2. The Hall–Kier alpha value is -1.03. The molecule has 2 heterocycles. The zero-order chi connectivity index (χ0) is 14.3. The summed E-state index contributed by atoms with van der Waals surface area (Å²) in [5, 5.41) is 4.49. The van der Waals surface area contributed by atoms with Crippen LogP contribution < -0.4 is 5.32 Å². The lowest BCUT2D eigenvalue weighted by atomic mass is 9.90. The first kappa shape index (κ1) is 13.9. The molecule has 2 atom stereocenters. The van der Waals surface area contributed by atoms with Crippen molar-refractivity contribution in [3.8, 4) is 0 Å². The zero-order valence-corrected chi connectivity index (χ0v) is 12.6. The van der Waals surface area contributed by atoms with Crippen LogP contribution in [0.25, 0.3) is 5.57 Å². The van der Waals surface area contributed by atoms with Crippen LogP contribution in [0.1, 0.15) is 24.8 Å². The fraction of sp³-hybridized carbons (Fsp3) is 0.400.